The highest BCUT2D eigenvalue weighted by Gasteiger charge is 2.14. The summed E-state index contributed by atoms with van der Waals surface area (Å²) < 4.78 is 7.13. The van der Waals surface area contributed by atoms with Crippen molar-refractivity contribution in [1.29, 1.82) is 0 Å². The zero-order valence-corrected chi connectivity index (χ0v) is 13.9. The van der Waals surface area contributed by atoms with E-state index in [-0.39, 0.29) is 30.4 Å². The van der Waals surface area contributed by atoms with Crippen LogP contribution in [0.1, 0.15) is 6.42 Å². The van der Waals surface area contributed by atoms with Gasteiger partial charge in [0.15, 0.2) is 0 Å². The van der Waals surface area contributed by atoms with Gasteiger partial charge in [0.1, 0.15) is 24.0 Å². The number of halogens is 2. The van der Waals surface area contributed by atoms with Crippen molar-refractivity contribution in [1.82, 2.24) is 4.57 Å². The summed E-state index contributed by atoms with van der Waals surface area (Å²) in [6.45, 7) is 5.75. The van der Waals surface area contributed by atoms with Gasteiger partial charge < -0.3 is 34.5 Å². The second-order valence-electron chi connectivity index (χ2n) is 5.28. The van der Waals surface area contributed by atoms with E-state index in [1.165, 1.54) is 0 Å². The third kappa shape index (κ3) is 4.43. The molecule has 2 heterocycles. The average molecular weight is 346 g/mol. The molecule has 2 N–H and O–H groups in total. The Balaban J connectivity index is 0.00000121. The number of quaternary nitrogens is 1. The first-order chi connectivity index (χ1) is 9.84. The maximum atomic E-state index is 12.3. The predicted octanol–water partition coefficient (Wildman–Crippen LogP) is -6.87. The van der Waals surface area contributed by atoms with Crippen LogP contribution in [0, 0.1) is 0 Å². The number of fused-ring (bicyclic) bond motifs is 1. The van der Waals surface area contributed by atoms with Crippen LogP contribution in [0.15, 0.2) is 35.4 Å². The highest BCUT2D eigenvalue weighted by molar-refractivity contribution is 5.73. The van der Waals surface area contributed by atoms with Crippen molar-refractivity contribution in [2.24, 2.45) is 0 Å². The Morgan fingerprint density at radius 1 is 1.18 bits per heavy atom. The summed E-state index contributed by atoms with van der Waals surface area (Å²) in [7, 11) is 0. The zero-order valence-electron chi connectivity index (χ0n) is 12.4. The maximum Gasteiger partial charge on any atom is 0.345 e. The van der Waals surface area contributed by atoms with Crippen LogP contribution in [0.5, 0.6) is 0 Å². The summed E-state index contributed by atoms with van der Waals surface area (Å²) >= 11 is 0. The van der Waals surface area contributed by atoms with Crippen LogP contribution in [0.4, 0.5) is 0 Å². The Morgan fingerprint density at radius 2 is 1.91 bits per heavy atom. The first kappa shape index (κ1) is 18.9. The molecule has 0 radical (unpaired) electrons. The van der Waals surface area contributed by atoms with Crippen LogP contribution >= 0.6 is 0 Å². The smallest absolute Gasteiger partial charge is 0.345 e. The summed E-state index contributed by atoms with van der Waals surface area (Å²) in [6.07, 6.45) is 2.81. The largest absolute Gasteiger partial charge is 1.00 e. The molecule has 7 heteroatoms. The topological polar surface area (TPSA) is 49.8 Å². The molecule has 0 amide bonds. The second kappa shape index (κ2) is 9.10. The molecule has 0 unspecified atom stereocenters. The van der Waals surface area contributed by atoms with Crippen LogP contribution in [0.25, 0.3) is 10.9 Å². The Kier molecular flexibility index (Phi) is 7.82. The molecule has 2 aromatic rings. The molecule has 0 bridgehead atoms. The fourth-order valence-corrected chi connectivity index (χ4v) is 2.73. The fourth-order valence-electron chi connectivity index (χ4n) is 2.73. The Morgan fingerprint density at radius 3 is 2.68 bits per heavy atom. The van der Waals surface area contributed by atoms with E-state index in [0.29, 0.717) is 0 Å². The number of hydrogen-bond donors (Lipinski definition) is 1. The zero-order chi connectivity index (χ0) is 13.8. The Hall–Kier alpha value is -1.14. The number of benzene rings is 1. The normalized spacial score (nSPS) is 15.1. The number of para-hydroxylation sites is 1. The van der Waals surface area contributed by atoms with Crippen molar-refractivity contribution in [2.45, 2.75) is 13.0 Å². The lowest BCUT2D eigenvalue weighted by molar-refractivity contribution is -0.908. The number of nitrogens with zero attached hydrogens (tertiary/aromatic N) is 1. The first-order valence-corrected chi connectivity index (χ1v) is 7.26. The Bertz CT molecular complexity index is 642. The molecule has 22 heavy (non-hydrogen) atoms. The molecule has 0 spiro atoms. The van der Waals surface area contributed by atoms with Crippen molar-refractivity contribution < 1.29 is 39.4 Å². The van der Waals surface area contributed by atoms with Crippen molar-refractivity contribution in [3.05, 3.63) is 40.9 Å². The lowest BCUT2D eigenvalue weighted by Gasteiger charge is -2.23. The molecule has 5 nitrogen and oxygen atoms in total. The van der Waals surface area contributed by atoms with Gasteiger partial charge in [-0.15, -0.1) is 0 Å². The van der Waals surface area contributed by atoms with Gasteiger partial charge in [-0.3, -0.25) is 0 Å². The number of aromatic nitrogens is 2. The van der Waals surface area contributed by atoms with Crippen LogP contribution in [-0.2, 0) is 11.3 Å². The van der Waals surface area contributed by atoms with Gasteiger partial charge in [-0.05, 0) is 12.1 Å². The van der Waals surface area contributed by atoms with Gasteiger partial charge >= 0.3 is 5.56 Å². The van der Waals surface area contributed by atoms with Gasteiger partial charge in [-0.2, -0.15) is 4.57 Å². The SMILES string of the molecule is O=c1c2ccccc2[nH+]cn1CCC[NH+]1CCOCC1.[Cl-].[Cl-]. The minimum absolute atomic E-state index is 0. The summed E-state index contributed by atoms with van der Waals surface area (Å²) in [5.41, 5.74) is 0.990. The molecular weight excluding hydrogens is 325 g/mol. The van der Waals surface area contributed by atoms with Crippen molar-refractivity contribution in [3.63, 3.8) is 0 Å². The summed E-state index contributed by atoms with van der Waals surface area (Å²) in [4.78, 5) is 17.1. The molecule has 3 rings (SSSR count). The van der Waals surface area contributed by atoms with Gasteiger partial charge in [0, 0.05) is 6.42 Å². The molecule has 1 aromatic heterocycles. The van der Waals surface area contributed by atoms with Crippen molar-refractivity contribution in [2.75, 3.05) is 32.8 Å². The van der Waals surface area contributed by atoms with E-state index in [1.54, 1.807) is 15.8 Å². The molecule has 122 valence electrons. The first-order valence-electron chi connectivity index (χ1n) is 7.26. The highest BCUT2D eigenvalue weighted by Crippen LogP contribution is 2.01. The molecule has 0 atom stereocenters. The van der Waals surface area contributed by atoms with Crippen LogP contribution in [-0.4, -0.2) is 37.4 Å². The summed E-state index contributed by atoms with van der Waals surface area (Å²) in [5.74, 6) is 0. The third-order valence-electron chi connectivity index (χ3n) is 3.92. The van der Waals surface area contributed by atoms with Crippen molar-refractivity contribution in [3.8, 4) is 0 Å². The van der Waals surface area contributed by atoms with Crippen LogP contribution in [0.3, 0.4) is 0 Å². The molecule has 0 aliphatic carbocycles. The van der Waals surface area contributed by atoms with E-state index in [9.17, 15) is 4.79 Å². The number of nitrogens with one attached hydrogen (secondary N) is 2. The number of hydrogen-bond acceptors (Lipinski definition) is 2. The van der Waals surface area contributed by atoms with Gasteiger partial charge in [-0.25, -0.2) is 9.78 Å². The minimum Gasteiger partial charge on any atom is -1.00 e. The van der Waals surface area contributed by atoms with Gasteiger partial charge in [-0.1, -0.05) is 12.1 Å². The monoisotopic (exact) mass is 345 g/mol. The predicted molar refractivity (Wildman–Crippen MR) is 75.8 cm³/mol. The fraction of sp³-hybridized carbons (Fsp3) is 0.467. The van der Waals surface area contributed by atoms with E-state index in [1.807, 2.05) is 24.3 Å². The van der Waals surface area contributed by atoms with E-state index < -0.39 is 0 Å². The lowest BCUT2D eigenvalue weighted by atomic mass is 10.2. The van der Waals surface area contributed by atoms with Gasteiger partial charge in [0.05, 0.1) is 26.3 Å². The number of aromatic amines is 1. The summed E-state index contributed by atoms with van der Waals surface area (Å²) in [6, 6.07) is 7.64. The molecule has 0 saturated carbocycles. The number of morpholine rings is 1. The van der Waals surface area contributed by atoms with Gasteiger partial charge in [0.25, 0.3) is 0 Å². The van der Waals surface area contributed by atoms with Crippen LogP contribution < -0.4 is 40.3 Å². The van der Waals surface area contributed by atoms with E-state index in [0.717, 1.165) is 56.7 Å². The maximum absolute atomic E-state index is 12.3. The quantitative estimate of drug-likeness (QED) is 0.599. The number of rotatable bonds is 4. The molecule has 1 fully saturated rings. The highest BCUT2D eigenvalue weighted by atomic mass is 35.5. The number of H-pyrrole nitrogens is 1. The Labute approximate surface area is 142 Å². The summed E-state index contributed by atoms with van der Waals surface area (Å²) in [5, 5.41) is 0.758. The second-order valence-corrected chi connectivity index (χ2v) is 5.28. The minimum atomic E-state index is 0. The van der Waals surface area contributed by atoms with E-state index in [2.05, 4.69) is 4.98 Å². The number of ether oxygens (including phenoxy) is 1. The van der Waals surface area contributed by atoms with E-state index in [4.69, 9.17) is 4.74 Å². The third-order valence-corrected chi connectivity index (χ3v) is 3.92. The molecular formula is C15H21Cl2N3O2. The molecule has 1 saturated heterocycles. The van der Waals surface area contributed by atoms with Gasteiger partial charge in [0.2, 0.25) is 6.33 Å². The van der Waals surface area contributed by atoms with E-state index >= 15 is 0 Å². The lowest BCUT2D eigenvalue weighted by Crippen LogP contribution is -3.14. The molecule has 1 aliphatic rings. The average Bonchev–Trinajstić information content (AvgIpc) is 2.51. The molecule has 1 aliphatic heterocycles. The van der Waals surface area contributed by atoms with Crippen molar-refractivity contribution >= 4 is 10.9 Å². The van der Waals surface area contributed by atoms with Crippen LogP contribution in [0.2, 0.25) is 0 Å². The standard InChI is InChI=1S/C15H19N3O2.2ClH/c19-15-13-4-1-2-5-14(13)16-12-18(15)7-3-6-17-8-10-20-11-9-17;;/h1-2,4-5,12H,3,6-11H2;2*1H. The number of aryl methyl sites for hydroxylation is 1. The molecule has 1 aromatic carbocycles.